The molecule has 0 spiro atoms. The molecule has 1 aliphatic heterocycles. The number of halogens is 2. The van der Waals surface area contributed by atoms with Crippen molar-refractivity contribution in [1.29, 1.82) is 0 Å². The Kier molecular flexibility index (Phi) is 4.71. The normalized spacial score (nSPS) is 16.5. The first-order valence-electron chi connectivity index (χ1n) is 7.74. The number of anilines is 2. The summed E-state index contributed by atoms with van der Waals surface area (Å²) < 4.78 is 51.9. The van der Waals surface area contributed by atoms with Gasteiger partial charge in [0, 0.05) is 17.8 Å². The summed E-state index contributed by atoms with van der Waals surface area (Å²) in [6, 6.07) is 9.27. The van der Waals surface area contributed by atoms with Crippen LogP contribution in [-0.4, -0.2) is 26.6 Å². The van der Waals surface area contributed by atoms with Gasteiger partial charge in [-0.25, -0.2) is 17.2 Å². The van der Waals surface area contributed by atoms with E-state index in [1.54, 1.807) is 24.3 Å². The van der Waals surface area contributed by atoms with Crippen molar-refractivity contribution >= 4 is 27.3 Å². The van der Waals surface area contributed by atoms with Crippen LogP contribution in [0, 0.1) is 11.6 Å². The lowest BCUT2D eigenvalue weighted by Gasteiger charge is -2.28. The molecule has 132 valence electrons. The van der Waals surface area contributed by atoms with Crippen LogP contribution in [0.5, 0.6) is 0 Å². The van der Waals surface area contributed by atoms with Crippen molar-refractivity contribution in [3.8, 4) is 0 Å². The summed E-state index contributed by atoms with van der Waals surface area (Å²) >= 11 is 0. The minimum Gasteiger partial charge on any atom is -0.322 e. The molecule has 2 aromatic rings. The SMILES string of the molecule is O=C(Nc1cccc(N2CCCCS2(=O)=O)c1)c1ccc(F)c(F)c1. The number of amides is 1. The summed E-state index contributed by atoms with van der Waals surface area (Å²) in [6.45, 7) is 0.392. The summed E-state index contributed by atoms with van der Waals surface area (Å²) in [5.41, 5.74) is 0.797. The van der Waals surface area contributed by atoms with Gasteiger partial charge in [0.1, 0.15) is 0 Å². The monoisotopic (exact) mass is 366 g/mol. The molecule has 0 aliphatic carbocycles. The van der Waals surface area contributed by atoms with Gasteiger partial charge in [0.2, 0.25) is 10.0 Å². The Hall–Kier alpha value is -2.48. The highest BCUT2D eigenvalue weighted by Gasteiger charge is 2.26. The molecule has 8 heteroatoms. The number of hydrogen-bond donors (Lipinski definition) is 1. The fourth-order valence-corrected chi connectivity index (χ4v) is 4.29. The van der Waals surface area contributed by atoms with Crippen LogP contribution >= 0.6 is 0 Å². The number of nitrogens with one attached hydrogen (secondary N) is 1. The van der Waals surface area contributed by atoms with E-state index in [9.17, 15) is 22.0 Å². The molecule has 2 aromatic carbocycles. The van der Waals surface area contributed by atoms with Crippen molar-refractivity contribution in [2.75, 3.05) is 21.9 Å². The fraction of sp³-hybridized carbons (Fsp3) is 0.235. The maximum absolute atomic E-state index is 13.2. The smallest absolute Gasteiger partial charge is 0.255 e. The second kappa shape index (κ2) is 6.79. The van der Waals surface area contributed by atoms with Crippen LogP contribution in [-0.2, 0) is 10.0 Å². The van der Waals surface area contributed by atoms with E-state index in [1.165, 1.54) is 10.4 Å². The van der Waals surface area contributed by atoms with E-state index in [4.69, 9.17) is 0 Å². The fourth-order valence-electron chi connectivity index (χ4n) is 2.66. The Morgan fingerprint density at radius 2 is 1.84 bits per heavy atom. The highest BCUT2D eigenvalue weighted by atomic mass is 32.2. The first-order valence-corrected chi connectivity index (χ1v) is 9.35. The van der Waals surface area contributed by atoms with Crippen LogP contribution < -0.4 is 9.62 Å². The lowest BCUT2D eigenvalue weighted by atomic mass is 10.2. The Morgan fingerprint density at radius 3 is 2.56 bits per heavy atom. The first kappa shape index (κ1) is 17.3. The largest absolute Gasteiger partial charge is 0.322 e. The molecule has 0 atom stereocenters. The van der Waals surface area contributed by atoms with Gasteiger partial charge < -0.3 is 5.32 Å². The van der Waals surface area contributed by atoms with Crippen molar-refractivity contribution in [1.82, 2.24) is 0 Å². The molecular formula is C17H16F2N2O3S. The summed E-state index contributed by atoms with van der Waals surface area (Å²) in [7, 11) is -3.35. The minimum atomic E-state index is -3.35. The molecule has 0 aromatic heterocycles. The zero-order valence-electron chi connectivity index (χ0n) is 13.2. The molecule has 0 radical (unpaired) electrons. The quantitative estimate of drug-likeness (QED) is 0.907. The van der Waals surface area contributed by atoms with E-state index in [0.29, 0.717) is 24.3 Å². The Balaban J connectivity index is 1.82. The molecule has 25 heavy (non-hydrogen) atoms. The number of carbonyl (C=O) groups is 1. The lowest BCUT2D eigenvalue weighted by Crippen LogP contribution is -2.37. The molecule has 0 bridgehead atoms. The number of nitrogens with zero attached hydrogens (tertiary/aromatic N) is 1. The average Bonchev–Trinajstić information content (AvgIpc) is 2.57. The Bertz CT molecular complexity index is 916. The topological polar surface area (TPSA) is 66.5 Å². The number of carbonyl (C=O) groups excluding carboxylic acids is 1. The van der Waals surface area contributed by atoms with E-state index in [2.05, 4.69) is 5.32 Å². The lowest BCUT2D eigenvalue weighted by molar-refractivity contribution is 0.102. The molecule has 0 saturated carbocycles. The molecule has 0 unspecified atom stereocenters. The second-order valence-electron chi connectivity index (χ2n) is 5.73. The van der Waals surface area contributed by atoms with E-state index < -0.39 is 27.6 Å². The van der Waals surface area contributed by atoms with Crippen molar-refractivity contribution < 1.29 is 22.0 Å². The molecule has 3 rings (SSSR count). The third-order valence-corrected chi connectivity index (χ3v) is 5.79. The molecule has 1 heterocycles. The van der Waals surface area contributed by atoms with Crippen LogP contribution in [0.25, 0.3) is 0 Å². The van der Waals surface area contributed by atoms with E-state index in [-0.39, 0.29) is 11.3 Å². The van der Waals surface area contributed by atoms with Crippen LogP contribution in [0.1, 0.15) is 23.2 Å². The predicted octanol–water partition coefficient (Wildman–Crippen LogP) is 3.15. The second-order valence-corrected chi connectivity index (χ2v) is 7.74. The van der Waals surface area contributed by atoms with Gasteiger partial charge in [-0.1, -0.05) is 6.07 Å². The van der Waals surface area contributed by atoms with Gasteiger partial charge in [0.25, 0.3) is 5.91 Å². The Morgan fingerprint density at radius 1 is 1.04 bits per heavy atom. The molecule has 1 saturated heterocycles. The first-order chi connectivity index (χ1) is 11.9. The molecule has 1 amide bonds. The number of rotatable bonds is 3. The standard InChI is InChI=1S/C17H16F2N2O3S/c18-15-7-6-12(10-16(15)19)17(22)20-13-4-3-5-14(11-13)21-8-1-2-9-25(21,23)24/h3-7,10-11H,1-2,8-9H2,(H,20,22). The van der Waals surface area contributed by atoms with Gasteiger partial charge in [-0.15, -0.1) is 0 Å². The van der Waals surface area contributed by atoms with Gasteiger partial charge in [0.15, 0.2) is 11.6 Å². The predicted molar refractivity (Wildman–Crippen MR) is 91.1 cm³/mol. The molecule has 1 aliphatic rings. The highest BCUT2D eigenvalue weighted by molar-refractivity contribution is 7.92. The summed E-state index contributed by atoms with van der Waals surface area (Å²) in [5.74, 6) is -2.66. The number of sulfonamides is 1. The third kappa shape index (κ3) is 3.79. The van der Waals surface area contributed by atoms with Gasteiger partial charge in [0.05, 0.1) is 11.4 Å². The van der Waals surface area contributed by atoms with Crippen molar-refractivity contribution in [2.24, 2.45) is 0 Å². The van der Waals surface area contributed by atoms with Gasteiger partial charge in [-0.3, -0.25) is 9.10 Å². The van der Waals surface area contributed by atoms with Crippen LogP contribution in [0.4, 0.5) is 20.2 Å². The van der Waals surface area contributed by atoms with Gasteiger partial charge in [-0.2, -0.15) is 0 Å². The van der Waals surface area contributed by atoms with E-state index >= 15 is 0 Å². The summed E-state index contributed by atoms with van der Waals surface area (Å²) in [6.07, 6.45) is 1.40. The zero-order valence-corrected chi connectivity index (χ0v) is 14.0. The molecule has 1 fully saturated rings. The van der Waals surface area contributed by atoms with Crippen molar-refractivity contribution in [2.45, 2.75) is 12.8 Å². The average molecular weight is 366 g/mol. The molecule has 5 nitrogen and oxygen atoms in total. The van der Waals surface area contributed by atoms with E-state index in [0.717, 1.165) is 18.6 Å². The van der Waals surface area contributed by atoms with Gasteiger partial charge in [-0.05, 0) is 49.2 Å². The molecular weight excluding hydrogens is 350 g/mol. The van der Waals surface area contributed by atoms with Crippen LogP contribution in [0.2, 0.25) is 0 Å². The van der Waals surface area contributed by atoms with E-state index in [1.807, 2.05) is 0 Å². The molecule has 1 N–H and O–H groups in total. The Labute approximate surface area is 144 Å². The van der Waals surface area contributed by atoms with Crippen molar-refractivity contribution in [3.05, 3.63) is 59.7 Å². The number of hydrogen-bond acceptors (Lipinski definition) is 3. The van der Waals surface area contributed by atoms with Crippen molar-refractivity contribution in [3.63, 3.8) is 0 Å². The third-order valence-electron chi connectivity index (χ3n) is 3.92. The van der Waals surface area contributed by atoms with Gasteiger partial charge >= 0.3 is 0 Å². The maximum atomic E-state index is 13.2. The van der Waals surface area contributed by atoms with Crippen LogP contribution in [0.3, 0.4) is 0 Å². The summed E-state index contributed by atoms with van der Waals surface area (Å²) in [4.78, 5) is 12.2. The maximum Gasteiger partial charge on any atom is 0.255 e. The number of benzene rings is 2. The summed E-state index contributed by atoms with van der Waals surface area (Å²) in [5, 5.41) is 2.56. The highest BCUT2D eigenvalue weighted by Crippen LogP contribution is 2.26. The zero-order chi connectivity index (χ0) is 18.0. The van der Waals surface area contributed by atoms with Crippen LogP contribution in [0.15, 0.2) is 42.5 Å². The minimum absolute atomic E-state index is 0.0325.